The second-order valence-electron chi connectivity index (χ2n) is 4.53. The van der Waals surface area contributed by atoms with Gasteiger partial charge in [0.05, 0.1) is 15.4 Å². The monoisotopic (exact) mass is 381 g/mol. The molecule has 1 unspecified atom stereocenters. The molecule has 0 saturated carbocycles. The van der Waals surface area contributed by atoms with Gasteiger partial charge in [0.2, 0.25) is 0 Å². The van der Waals surface area contributed by atoms with Crippen LogP contribution in [0.2, 0.25) is 0 Å². The fraction of sp³-hybridized carbons (Fsp3) is 0.286. The number of thiophene rings is 1. The number of rotatable bonds is 3. The van der Waals surface area contributed by atoms with Gasteiger partial charge in [-0.15, -0.1) is 11.3 Å². The number of halogens is 5. The van der Waals surface area contributed by atoms with Crippen LogP contribution in [0.15, 0.2) is 28.1 Å². The average Bonchev–Trinajstić information content (AvgIpc) is 2.71. The van der Waals surface area contributed by atoms with Crippen molar-refractivity contribution in [3.8, 4) is 0 Å². The number of alkyl halides is 3. The summed E-state index contributed by atoms with van der Waals surface area (Å²) in [5, 5.41) is 2.88. The van der Waals surface area contributed by atoms with E-state index in [0.29, 0.717) is 0 Å². The summed E-state index contributed by atoms with van der Waals surface area (Å²) < 4.78 is 53.5. The number of hydrogen-bond acceptors (Lipinski definition) is 2. The highest BCUT2D eigenvalue weighted by Crippen LogP contribution is 2.38. The molecule has 1 heterocycles. The predicted octanol–water partition coefficient (Wildman–Crippen LogP) is 5.29. The lowest BCUT2D eigenvalue weighted by Gasteiger charge is -2.18. The zero-order valence-electron chi connectivity index (χ0n) is 11.2. The third-order valence-electron chi connectivity index (χ3n) is 3.09. The first-order valence-electron chi connectivity index (χ1n) is 6.04. The van der Waals surface area contributed by atoms with E-state index in [0.717, 1.165) is 20.3 Å². The van der Waals surface area contributed by atoms with E-state index in [-0.39, 0.29) is 5.56 Å². The number of nitrogens with one attached hydrogen (secondary N) is 1. The molecule has 2 rings (SSSR count). The lowest BCUT2D eigenvalue weighted by atomic mass is 10.0. The summed E-state index contributed by atoms with van der Waals surface area (Å²) in [6, 6.07) is 4.55. The number of aryl methyl sites for hydroxylation is 1. The van der Waals surface area contributed by atoms with Crippen LogP contribution in [0, 0.1) is 12.7 Å². The van der Waals surface area contributed by atoms with Crippen molar-refractivity contribution in [2.75, 3.05) is 7.05 Å². The smallest absolute Gasteiger partial charge is 0.309 e. The summed E-state index contributed by atoms with van der Waals surface area (Å²) in [5.74, 6) is -1.23. The van der Waals surface area contributed by atoms with E-state index < -0.39 is 23.6 Å². The van der Waals surface area contributed by atoms with Crippen LogP contribution in [-0.4, -0.2) is 7.05 Å². The third kappa shape index (κ3) is 3.30. The molecule has 0 aliphatic carbocycles. The Labute approximate surface area is 132 Å². The van der Waals surface area contributed by atoms with Gasteiger partial charge in [0.25, 0.3) is 0 Å². The van der Waals surface area contributed by atoms with Crippen LogP contribution in [0.1, 0.15) is 27.6 Å². The second-order valence-corrected chi connectivity index (χ2v) is 6.94. The van der Waals surface area contributed by atoms with Gasteiger partial charge in [0.1, 0.15) is 5.82 Å². The predicted molar refractivity (Wildman–Crippen MR) is 79.1 cm³/mol. The maximum atomic E-state index is 14.2. The fourth-order valence-electron chi connectivity index (χ4n) is 2.07. The lowest BCUT2D eigenvalue weighted by Crippen LogP contribution is -2.20. The van der Waals surface area contributed by atoms with Crippen LogP contribution in [-0.2, 0) is 6.18 Å². The topological polar surface area (TPSA) is 12.0 Å². The van der Waals surface area contributed by atoms with Crippen molar-refractivity contribution in [1.82, 2.24) is 5.32 Å². The summed E-state index contributed by atoms with van der Waals surface area (Å²) in [4.78, 5) is 0.750. The van der Waals surface area contributed by atoms with Crippen molar-refractivity contribution in [3.63, 3.8) is 0 Å². The Morgan fingerprint density at radius 3 is 2.43 bits per heavy atom. The minimum Gasteiger partial charge on any atom is -0.309 e. The molecule has 7 heteroatoms. The molecule has 1 aromatic heterocycles. The molecule has 0 saturated heterocycles. The molecule has 1 aromatic carbocycles. The molecule has 1 nitrogen and oxygen atoms in total. The van der Waals surface area contributed by atoms with Crippen LogP contribution in [0.25, 0.3) is 0 Å². The molecule has 0 fully saturated rings. The van der Waals surface area contributed by atoms with Gasteiger partial charge in [0, 0.05) is 10.4 Å². The van der Waals surface area contributed by atoms with Crippen LogP contribution < -0.4 is 5.32 Å². The van der Waals surface area contributed by atoms with E-state index in [2.05, 4.69) is 21.2 Å². The molecule has 114 valence electrons. The van der Waals surface area contributed by atoms with E-state index in [1.165, 1.54) is 23.5 Å². The van der Waals surface area contributed by atoms with Gasteiger partial charge < -0.3 is 5.32 Å². The molecule has 2 aromatic rings. The Morgan fingerprint density at radius 1 is 1.29 bits per heavy atom. The largest absolute Gasteiger partial charge is 0.419 e. The van der Waals surface area contributed by atoms with Gasteiger partial charge in [-0.05, 0) is 47.6 Å². The average molecular weight is 382 g/mol. The molecular formula is C14H12BrF4NS. The zero-order chi connectivity index (χ0) is 15.8. The maximum absolute atomic E-state index is 14.2. The summed E-state index contributed by atoms with van der Waals surface area (Å²) in [7, 11) is 1.59. The minimum atomic E-state index is -4.70. The van der Waals surface area contributed by atoms with Gasteiger partial charge in [-0.25, -0.2) is 4.39 Å². The Hall–Kier alpha value is -0.920. The molecule has 0 bridgehead atoms. The Bertz CT molecular complexity index is 631. The van der Waals surface area contributed by atoms with Gasteiger partial charge in [-0.3, -0.25) is 0 Å². The van der Waals surface area contributed by atoms with Gasteiger partial charge in [-0.1, -0.05) is 12.1 Å². The van der Waals surface area contributed by atoms with Crippen LogP contribution in [0.5, 0.6) is 0 Å². The van der Waals surface area contributed by atoms with Crippen molar-refractivity contribution >= 4 is 27.3 Å². The molecule has 0 aliphatic heterocycles. The molecule has 1 atom stereocenters. The first-order chi connectivity index (χ1) is 9.75. The Balaban J connectivity index is 2.53. The van der Waals surface area contributed by atoms with Crippen LogP contribution in [0.4, 0.5) is 17.6 Å². The first kappa shape index (κ1) is 16.5. The van der Waals surface area contributed by atoms with Gasteiger partial charge in [-0.2, -0.15) is 13.2 Å². The lowest BCUT2D eigenvalue weighted by molar-refractivity contribution is -0.140. The quantitative estimate of drug-likeness (QED) is 0.712. The maximum Gasteiger partial charge on any atom is 0.419 e. The van der Waals surface area contributed by atoms with Crippen LogP contribution in [0.3, 0.4) is 0 Å². The summed E-state index contributed by atoms with van der Waals surface area (Å²) in [6.45, 7) is 1.87. The summed E-state index contributed by atoms with van der Waals surface area (Å²) in [6.07, 6.45) is -4.70. The molecular weight excluding hydrogens is 370 g/mol. The highest BCUT2D eigenvalue weighted by atomic mass is 79.9. The normalized spacial score (nSPS) is 13.5. The highest BCUT2D eigenvalue weighted by molar-refractivity contribution is 9.11. The number of benzene rings is 1. The van der Waals surface area contributed by atoms with Crippen molar-refractivity contribution in [2.45, 2.75) is 19.1 Å². The van der Waals surface area contributed by atoms with Crippen LogP contribution >= 0.6 is 27.3 Å². The molecule has 0 spiro atoms. The van der Waals surface area contributed by atoms with Crippen molar-refractivity contribution in [1.29, 1.82) is 0 Å². The summed E-state index contributed by atoms with van der Waals surface area (Å²) in [5.41, 5.74) is -0.295. The molecule has 1 N–H and O–H groups in total. The van der Waals surface area contributed by atoms with Crippen molar-refractivity contribution in [3.05, 3.63) is 55.4 Å². The van der Waals surface area contributed by atoms with E-state index >= 15 is 0 Å². The van der Waals surface area contributed by atoms with E-state index in [9.17, 15) is 17.6 Å². The van der Waals surface area contributed by atoms with Gasteiger partial charge >= 0.3 is 6.18 Å². The number of hydrogen-bond donors (Lipinski definition) is 1. The first-order valence-corrected chi connectivity index (χ1v) is 7.65. The van der Waals surface area contributed by atoms with Gasteiger partial charge in [0.15, 0.2) is 0 Å². The Kier molecular flexibility index (Phi) is 4.75. The highest BCUT2D eigenvalue weighted by Gasteiger charge is 2.36. The molecule has 0 radical (unpaired) electrons. The summed E-state index contributed by atoms with van der Waals surface area (Å²) >= 11 is 4.74. The Morgan fingerprint density at radius 2 is 1.95 bits per heavy atom. The van der Waals surface area contributed by atoms with E-state index in [1.54, 1.807) is 7.05 Å². The fourth-order valence-corrected chi connectivity index (χ4v) is 3.77. The SMILES string of the molecule is CNC(c1cc(C)c(Br)s1)c1cccc(C(F)(F)F)c1F. The second kappa shape index (κ2) is 6.06. The van der Waals surface area contributed by atoms with E-state index in [1.807, 2.05) is 13.0 Å². The van der Waals surface area contributed by atoms with Crippen molar-refractivity contribution in [2.24, 2.45) is 0 Å². The third-order valence-corrected chi connectivity index (χ3v) is 5.30. The molecule has 0 amide bonds. The molecule has 21 heavy (non-hydrogen) atoms. The molecule has 0 aliphatic rings. The zero-order valence-corrected chi connectivity index (χ0v) is 13.6. The van der Waals surface area contributed by atoms with Crippen molar-refractivity contribution < 1.29 is 17.6 Å². The van der Waals surface area contributed by atoms with E-state index in [4.69, 9.17) is 0 Å². The standard InChI is InChI=1S/C14H12BrF4NS/c1-7-6-10(21-13(7)15)12(20-2)8-4-3-5-9(11(8)16)14(17,18)19/h3-6,12,20H,1-2H3. The minimum absolute atomic E-state index is 0.0129.